The van der Waals surface area contributed by atoms with Crippen LogP contribution in [-0.2, 0) is 16.0 Å². The molecule has 1 fully saturated rings. The Balaban J connectivity index is 1.93. The first-order chi connectivity index (χ1) is 8.66. The van der Waals surface area contributed by atoms with E-state index in [2.05, 4.69) is 12.1 Å². The number of carbonyl (C=O) groups excluding carboxylic acids is 1. The highest BCUT2D eigenvalue weighted by molar-refractivity contribution is 5.81. The van der Waals surface area contributed by atoms with Crippen molar-refractivity contribution in [1.82, 2.24) is 4.90 Å². The van der Waals surface area contributed by atoms with Crippen LogP contribution < -0.4 is 5.73 Å². The minimum atomic E-state index is -0.430. The van der Waals surface area contributed by atoms with Gasteiger partial charge in [0.25, 0.3) is 0 Å². The molecule has 1 heterocycles. The zero-order chi connectivity index (χ0) is 13.0. The molecule has 0 bridgehead atoms. The van der Waals surface area contributed by atoms with Gasteiger partial charge in [0.15, 0.2) is 0 Å². The number of morpholine rings is 1. The van der Waals surface area contributed by atoms with Crippen LogP contribution in [0, 0.1) is 0 Å². The molecular formula is C14H20N2O2. The van der Waals surface area contributed by atoms with Gasteiger partial charge in [-0.3, -0.25) is 4.79 Å². The van der Waals surface area contributed by atoms with Crippen molar-refractivity contribution in [3.05, 3.63) is 35.9 Å². The molecule has 0 spiro atoms. The number of rotatable bonds is 3. The average molecular weight is 248 g/mol. The summed E-state index contributed by atoms with van der Waals surface area (Å²) in [5.74, 6) is 0.0105. The first-order valence-corrected chi connectivity index (χ1v) is 6.36. The van der Waals surface area contributed by atoms with E-state index in [1.165, 1.54) is 5.56 Å². The van der Waals surface area contributed by atoms with Gasteiger partial charge in [0, 0.05) is 19.5 Å². The number of nitrogens with two attached hydrogens (primary N) is 1. The lowest BCUT2D eigenvalue weighted by Crippen LogP contribution is -2.51. The number of amides is 1. The Labute approximate surface area is 108 Å². The summed E-state index contributed by atoms with van der Waals surface area (Å²) in [6.07, 6.45) is 0.910. The maximum absolute atomic E-state index is 11.8. The van der Waals surface area contributed by atoms with Gasteiger partial charge in [-0.25, -0.2) is 0 Å². The fourth-order valence-corrected chi connectivity index (χ4v) is 2.21. The van der Waals surface area contributed by atoms with Gasteiger partial charge in [0.05, 0.1) is 18.8 Å². The Morgan fingerprint density at radius 3 is 2.89 bits per heavy atom. The third kappa shape index (κ3) is 3.31. The predicted octanol–water partition coefficient (Wildman–Crippen LogP) is 0.804. The molecule has 1 amide bonds. The maximum Gasteiger partial charge on any atom is 0.239 e. The van der Waals surface area contributed by atoms with Crippen molar-refractivity contribution >= 4 is 5.91 Å². The Bertz CT molecular complexity index is 392. The van der Waals surface area contributed by atoms with Crippen LogP contribution in [0.25, 0.3) is 0 Å². The molecule has 1 aliphatic rings. The smallest absolute Gasteiger partial charge is 0.239 e. The van der Waals surface area contributed by atoms with Gasteiger partial charge >= 0.3 is 0 Å². The van der Waals surface area contributed by atoms with Crippen LogP contribution in [0.4, 0.5) is 0 Å². The quantitative estimate of drug-likeness (QED) is 0.861. The van der Waals surface area contributed by atoms with Crippen LogP contribution in [0.2, 0.25) is 0 Å². The number of benzene rings is 1. The van der Waals surface area contributed by atoms with E-state index in [4.69, 9.17) is 10.5 Å². The fourth-order valence-electron chi connectivity index (χ4n) is 2.21. The Morgan fingerprint density at radius 1 is 1.50 bits per heavy atom. The van der Waals surface area contributed by atoms with Gasteiger partial charge in [0.1, 0.15) is 0 Å². The number of nitrogens with zero attached hydrogens (tertiary/aromatic N) is 1. The molecule has 2 rings (SSSR count). The molecular weight excluding hydrogens is 228 g/mol. The van der Waals surface area contributed by atoms with Crippen LogP contribution >= 0.6 is 0 Å². The summed E-state index contributed by atoms with van der Waals surface area (Å²) in [5, 5.41) is 0. The van der Waals surface area contributed by atoms with E-state index in [0.717, 1.165) is 6.42 Å². The monoisotopic (exact) mass is 248 g/mol. The van der Waals surface area contributed by atoms with Crippen LogP contribution in [0.5, 0.6) is 0 Å². The standard InChI is InChI=1S/C14H20N2O2/c1-11(15)14(17)16-7-8-18-13(10-16)9-12-5-3-2-4-6-12/h2-6,11,13H,7-10,15H2,1H3. The highest BCUT2D eigenvalue weighted by atomic mass is 16.5. The Kier molecular flexibility index (Phi) is 4.33. The highest BCUT2D eigenvalue weighted by Gasteiger charge is 2.25. The number of hydrogen-bond acceptors (Lipinski definition) is 3. The number of carbonyl (C=O) groups is 1. The highest BCUT2D eigenvalue weighted by Crippen LogP contribution is 2.12. The summed E-state index contributed by atoms with van der Waals surface area (Å²) >= 11 is 0. The lowest BCUT2D eigenvalue weighted by molar-refractivity contribution is -0.139. The molecule has 1 aliphatic heterocycles. The molecule has 4 nitrogen and oxygen atoms in total. The van der Waals surface area contributed by atoms with E-state index in [1.54, 1.807) is 6.92 Å². The summed E-state index contributed by atoms with van der Waals surface area (Å²) in [6.45, 7) is 3.60. The molecule has 0 saturated carbocycles. The van der Waals surface area contributed by atoms with Gasteiger partial charge in [-0.1, -0.05) is 30.3 Å². The zero-order valence-electron chi connectivity index (χ0n) is 10.7. The molecule has 1 aromatic carbocycles. The zero-order valence-corrected chi connectivity index (χ0v) is 10.7. The largest absolute Gasteiger partial charge is 0.374 e. The predicted molar refractivity (Wildman–Crippen MR) is 70.1 cm³/mol. The summed E-state index contributed by atoms with van der Waals surface area (Å²) in [5.41, 5.74) is 6.87. The topological polar surface area (TPSA) is 55.6 Å². The summed E-state index contributed by atoms with van der Waals surface area (Å²) in [6, 6.07) is 9.76. The van der Waals surface area contributed by atoms with Gasteiger partial charge in [0.2, 0.25) is 5.91 Å². The van der Waals surface area contributed by atoms with Crippen molar-refractivity contribution in [2.24, 2.45) is 5.73 Å². The van der Waals surface area contributed by atoms with Crippen molar-refractivity contribution in [2.75, 3.05) is 19.7 Å². The van der Waals surface area contributed by atoms with E-state index >= 15 is 0 Å². The SMILES string of the molecule is CC(N)C(=O)N1CCOC(Cc2ccccc2)C1. The van der Waals surface area contributed by atoms with Gasteiger partial charge in [-0.15, -0.1) is 0 Å². The van der Waals surface area contributed by atoms with Crippen molar-refractivity contribution in [1.29, 1.82) is 0 Å². The Morgan fingerprint density at radius 2 is 2.22 bits per heavy atom. The lowest BCUT2D eigenvalue weighted by Gasteiger charge is -2.34. The number of ether oxygens (including phenoxy) is 1. The van der Waals surface area contributed by atoms with Crippen molar-refractivity contribution in [3.63, 3.8) is 0 Å². The maximum atomic E-state index is 11.8. The van der Waals surface area contributed by atoms with E-state index < -0.39 is 6.04 Å². The molecule has 1 aromatic rings. The van der Waals surface area contributed by atoms with Crippen LogP contribution in [0.3, 0.4) is 0 Å². The minimum absolute atomic E-state index is 0.0105. The molecule has 98 valence electrons. The molecule has 0 aliphatic carbocycles. The lowest BCUT2D eigenvalue weighted by atomic mass is 10.1. The second kappa shape index (κ2) is 5.98. The average Bonchev–Trinajstić information content (AvgIpc) is 2.39. The molecule has 0 aromatic heterocycles. The van der Waals surface area contributed by atoms with E-state index in [1.807, 2.05) is 23.1 Å². The second-order valence-corrected chi connectivity index (χ2v) is 4.76. The third-order valence-corrected chi connectivity index (χ3v) is 3.15. The molecule has 2 unspecified atom stereocenters. The van der Waals surface area contributed by atoms with E-state index in [-0.39, 0.29) is 12.0 Å². The van der Waals surface area contributed by atoms with E-state index in [0.29, 0.717) is 19.7 Å². The molecule has 4 heteroatoms. The minimum Gasteiger partial charge on any atom is -0.374 e. The van der Waals surface area contributed by atoms with Crippen LogP contribution in [-0.4, -0.2) is 42.6 Å². The van der Waals surface area contributed by atoms with Crippen molar-refractivity contribution in [2.45, 2.75) is 25.5 Å². The summed E-state index contributed by atoms with van der Waals surface area (Å²) < 4.78 is 5.71. The molecule has 0 radical (unpaired) electrons. The summed E-state index contributed by atoms with van der Waals surface area (Å²) in [4.78, 5) is 13.6. The molecule has 1 saturated heterocycles. The van der Waals surface area contributed by atoms with Crippen LogP contribution in [0.15, 0.2) is 30.3 Å². The summed E-state index contributed by atoms with van der Waals surface area (Å²) in [7, 11) is 0. The second-order valence-electron chi connectivity index (χ2n) is 4.76. The molecule has 18 heavy (non-hydrogen) atoms. The Hall–Kier alpha value is -1.39. The van der Waals surface area contributed by atoms with Gasteiger partial charge < -0.3 is 15.4 Å². The van der Waals surface area contributed by atoms with Crippen molar-refractivity contribution < 1.29 is 9.53 Å². The third-order valence-electron chi connectivity index (χ3n) is 3.15. The van der Waals surface area contributed by atoms with Gasteiger partial charge in [-0.05, 0) is 12.5 Å². The first-order valence-electron chi connectivity index (χ1n) is 6.36. The first kappa shape index (κ1) is 13.1. The molecule has 2 atom stereocenters. The van der Waals surface area contributed by atoms with Crippen molar-refractivity contribution in [3.8, 4) is 0 Å². The van der Waals surface area contributed by atoms with E-state index in [9.17, 15) is 4.79 Å². The normalized spacial score (nSPS) is 21.7. The fraction of sp³-hybridized carbons (Fsp3) is 0.500. The molecule has 2 N–H and O–H groups in total. The number of hydrogen-bond donors (Lipinski definition) is 1. The van der Waals surface area contributed by atoms with Crippen LogP contribution in [0.1, 0.15) is 12.5 Å². The van der Waals surface area contributed by atoms with Gasteiger partial charge in [-0.2, -0.15) is 0 Å².